The van der Waals surface area contributed by atoms with Crippen molar-refractivity contribution in [1.82, 2.24) is 4.98 Å². The van der Waals surface area contributed by atoms with Gasteiger partial charge in [-0.25, -0.2) is 8.42 Å². The SMILES string of the molecule is Cc1cc(S(=O)(=O)Nc2cccc(=O)[nH]2)c(Cl)cc1Cl. The van der Waals surface area contributed by atoms with Gasteiger partial charge >= 0.3 is 0 Å². The van der Waals surface area contributed by atoms with Crippen LogP contribution in [0.5, 0.6) is 0 Å². The number of H-pyrrole nitrogens is 1. The van der Waals surface area contributed by atoms with Crippen LogP contribution in [0.15, 0.2) is 40.0 Å². The van der Waals surface area contributed by atoms with E-state index in [1.807, 2.05) is 0 Å². The molecule has 0 aliphatic heterocycles. The Morgan fingerprint density at radius 2 is 1.85 bits per heavy atom. The normalized spacial score (nSPS) is 11.3. The molecule has 0 aliphatic carbocycles. The maximum Gasteiger partial charge on any atom is 0.264 e. The second-order valence-corrected chi connectivity index (χ2v) is 6.53. The van der Waals surface area contributed by atoms with Crippen molar-refractivity contribution in [3.63, 3.8) is 0 Å². The van der Waals surface area contributed by atoms with Crippen LogP contribution in [0.3, 0.4) is 0 Å². The number of hydrogen-bond acceptors (Lipinski definition) is 3. The van der Waals surface area contributed by atoms with Crippen LogP contribution in [0.4, 0.5) is 5.82 Å². The van der Waals surface area contributed by atoms with Crippen LogP contribution in [0.2, 0.25) is 10.0 Å². The molecule has 0 bridgehead atoms. The summed E-state index contributed by atoms with van der Waals surface area (Å²) in [7, 11) is -3.91. The minimum absolute atomic E-state index is 0.00591. The first-order chi connectivity index (χ1) is 9.29. The molecule has 1 aromatic carbocycles. The molecule has 1 aromatic heterocycles. The summed E-state index contributed by atoms with van der Waals surface area (Å²) in [5.41, 5.74) is 0.168. The average molecular weight is 333 g/mol. The van der Waals surface area contributed by atoms with Crippen molar-refractivity contribution in [3.8, 4) is 0 Å². The van der Waals surface area contributed by atoms with E-state index in [2.05, 4.69) is 9.71 Å². The number of halogens is 2. The molecule has 0 saturated heterocycles. The number of nitrogens with one attached hydrogen (secondary N) is 2. The predicted molar refractivity (Wildman–Crippen MR) is 79.1 cm³/mol. The molecular weight excluding hydrogens is 323 g/mol. The van der Waals surface area contributed by atoms with Gasteiger partial charge in [0.15, 0.2) is 0 Å². The van der Waals surface area contributed by atoms with E-state index in [0.717, 1.165) is 0 Å². The van der Waals surface area contributed by atoms with E-state index in [0.29, 0.717) is 10.6 Å². The third-order valence-electron chi connectivity index (χ3n) is 2.52. The van der Waals surface area contributed by atoms with E-state index in [1.165, 1.54) is 30.3 Å². The lowest BCUT2D eigenvalue weighted by Crippen LogP contribution is -2.17. The molecule has 5 nitrogen and oxygen atoms in total. The third kappa shape index (κ3) is 3.15. The smallest absolute Gasteiger partial charge is 0.264 e. The molecule has 0 aliphatic rings. The van der Waals surface area contributed by atoms with Crippen LogP contribution in [0.25, 0.3) is 0 Å². The summed E-state index contributed by atoms with van der Waals surface area (Å²) in [5, 5.41) is 0.383. The minimum Gasteiger partial charge on any atom is -0.308 e. The summed E-state index contributed by atoms with van der Waals surface area (Å²) >= 11 is 11.8. The van der Waals surface area contributed by atoms with Crippen molar-refractivity contribution < 1.29 is 8.42 Å². The van der Waals surface area contributed by atoms with Gasteiger partial charge in [0, 0.05) is 11.1 Å². The van der Waals surface area contributed by atoms with E-state index in [1.54, 1.807) is 6.92 Å². The zero-order valence-corrected chi connectivity index (χ0v) is 12.6. The molecule has 0 saturated carbocycles. The van der Waals surface area contributed by atoms with E-state index < -0.39 is 15.6 Å². The van der Waals surface area contributed by atoms with Crippen molar-refractivity contribution >= 4 is 39.0 Å². The van der Waals surface area contributed by atoms with Gasteiger partial charge in [0.05, 0.1) is 5.02 Å². The molecule has 2 aromatic rings. The van der Waals surface area contributed by atoms with E-state index >= 15 is 0 Å². The molecule has 0 spiro atoms. The number of hydrogen-bond donors (Lipinski definition) is 2. The van der Waals surface area contributed by atoms with Gasteiger partial charge in [-0.05, 0) is 30.7 Å². The summed E-state index contributed by atoms with van der Waals surface area (Å²) in [4.78, 5) is 13.4. The Bertz CT molecular complexity index is 816. The molecule has 0 unspecified atom stereocenters. The number of benzene rings is 1. The van der Waals surface area contributed by atoms with Gasteiger partial charge in [-0.15, -0.1) is 0 Å². The lowest BCUT2D eigenvalue weighted by atomic mass is 10.2. The molecule has 8 heteroatoms. The van der Waals surface area contributed by atoms with Crippen LogP contribution in [0.1, 0.15) is 5.56 Å². The Balaban J connectivity index is 2.46. The summed E-state index contributed by atoms with van der Waals surface area (Å²) in [6, 6.07) is 6.87. The first-order valence-electron chi connectivity index (χ1n) is 5.47. The highest BCUT2D eigenvalue weighted by Crippen LogP contribution is 2.29. The molecule has 0 radical (unpaired) electrons. The molecular formula is C12H10Cl2N2O3S. The largest absolute Gasteiger partial charge is 0.308 e. The van der Waals surface area contributed by atoms with Crippen molar-refractivity contribution in [3.05, 3.63) is 56.3 Å². The van der Waals surface area contributed by atoms with E-state index in [9.17, 15) is 13.2 Å². The average Bonchev–Trinajstić information content (AvgIpc) is 2.33. The lowest BCUT2D eigenvalue weighted by molar-refractivity contribution is 0.601. The summed E-state index contributed by atoms with van der Waals surface area (Å²) in [5.74, 6) is 0.0566. The topological polar surface area (TPSA) is 79.0 Å². The van der Waals surface area contributed by atoms with Crippen LogP contribution >= 0.6 is 23.2 Å². The summed E-state index contributed by atoms with van der Waals surface area (Å²) in [6.45, 7) is 1.67. The fourth-order valence-corrected chi connectivity index (χ4v) is 3.40. The number of rotatable bonds is 3. The number of aromatic amines is 1. The first kappa shape index (κ1) is 14.9. The molecule has 0 amide bonds. The van der Waals surface area contributed by atoms with Crippen LogP contribution in [0, 0.1) is 6.92 Å². The van der Waals surface area contributed by atoms with Crippen molar-refractivity contribution in [1.29, 1.82) is 0 Å². The van der Waals surface area contributed by atoms with Gasteiger partial charge in [-0.2, -0.15) is 0 Å². The Morgan fingerprint density at radius 1 is 1.15 bits per heavy atom. The van der Waals surface area contributed by atoms with Crippen molar-refractivity contribution in [2.45, 2.75) is 11.8 Å². The summed E-state index contributed by atoms with van der Waals surface area (Å²) in [6.07, 6.45) is 0. The number of anilines is 1. The monoisotopic (exact) mass is 332 g/mol. The van der Waals surface area contributed by atoms with Gasteiger partial charge in [0.25, 0.3) is 10.0 Å². The Hall–Kier alpha value is -1.50. The fourth-order valence-electron chi connectivity index (χ4n) is 1.54. The van der Waals surface area contributed by atoms with Crippen LogP contribution < -0.4 is 10.3 Å². The highest BCUT2D eigenvalue weighted by molar-refractivity contribution is 7.92. The molecule has 20 heavy (non-hydrogen) atoms. The van der Waals surface area contributed by atoms with Crippen LogP contribution in [-0.2, 0) is 10.0 Å². The van der Waals surface area contributed by atoms with Gasteiger partial charge in [-0.1, -0.05) is 29.3 Å². The standard InChI is InChI=1S/C12H10Cl2N2O3S/c1-7-5-10(9(14)6-8(7)13)20(18,19)16-11-3-2-4-12(17)15-11/h2-6H,1H3,(H2,15,16,17). The van der Waals surface area contributed by atoms with E-state index in [4.69, 9.17) is 23.2 Å². The van der Waals surface area contributed by atoms with Crippen molar-refractivity contribution in [2.24, 2.45) is 0 Å². The highest BCUT2D eigenvalue weighted by Gasteiger charge is 2.19. The number of aromatic nitrogens is 1. The Morgan fingerprint density at radius 3 is 2.50 bits per heavy atom. The van der Waals surface area contributed by atoms with Gasteiger partial charge in [0.1, 0.15) is 10.7 Å². The molecule has 2 N–H and O–H groups in total. The maximum atomic E-state index is 12.2. The molecule has 1 heterocycles. The Kier molecular flexibility index (Phi) is 4.08. The highest BCUT2D eigenvalue weighted by atomic mass is 35.5. The van der Waals surface area contributed by atoms with E-state index in [-0.39, 0.29) is 15.7 Å². The quantitative estimate of drug-likeness (QED) is 0.906. The summed E-state index contributed by atoms with van der Waals surface area (Å²) < 4.78 is 26.7. The molecule has 0 fully saturated rings. The second kappa shape index (κ2) is 5.47. The fraction of sp³-hybridized carbons (Fsp3) is 0.0833. The predicted octanol–water partition coefficient (Wildman–Crippen LogP) is 2.79. The van der Waals surface area contributed by atoms with Gasteiger partial charge in [0.2, 0.25) is 5.56 Å². The first-order valence-corrected chi connectivity index (χ1v) is 7.71. The van der Waals surface area contributed by atoms with Crippen LogP contribution in [-0.4, -0.2) is 13.4 Å². The number of pyridine rings is 1. The zero-order valence-electron chi connectivity index (χ0n) is 10.3. The molecule has 0 atom stereocenters. The second-order valence-electron chi connectivity index (χ2n) is 4.07. The van der Waals surface area contributed by atoms with Crippen molar-refractivity contribution in [2.75, 3.05) is 4.72 Å². The zero-order chi connectivity index (χ0) is 14.9. The molecule has 106 valence electrons. The minimum atomic E-state index is -3.91. The molecule has 2 rings (SSSR count). The van der Waals surface area contributed by atoms with Gasteiger partial charge < -0.3 is 4.98 Å². The third-order valence-corrected chi connectivity index (χ3v) is 4.75. The number of sulfonamides is 1. The lowest BCUT2D eigenvalue weighted by Gasteiger charge is -2.10. The van der Waals surface area contributed by atoms with Gasteiger partial charge in [-0.3, -0.25) is 9.52 Å². The number of aryl methyl sites for hydroxylation is 1. The maximum absolute atomic E-state index is 12.2. The Labute approximate surface area is 125 Å².